The van der Waals surface area contributed by atoms with Crippen LogP contribution in [0.3, 0.4) is 0 Å². The van der Waals surface area contributed by atoms with Crippen LogP contribution in [0.15, 0.2) is 12.4 Å². The molecule has 0 aliphatic rings. The zero-order valence-electron chi connectivity index (χ0n) is 9.35. The summed E-state index contributed by atoms with van der Waals surface area (Å²) in [6.45, 7) is 3.50. The predicted molar refractivity (Wildman–Crippen MR) is 62.3 cm³/mol. The van der Waals surface area contributed by atoms with E-state index in [0.717, 1.165) is 43.2 Å². The van der Waals surface area contributed by atoms with Crippen LogP contribution in [-0.2, 0) is 0 Å². The smallest absolute Gasteiger partial charge is 0.203 e. The Bertz CT molecular complexity index is 463. The fraction of sp³-hybridized carbons (Fsp3) is 0.500. The van der Waals surface area contributed by atoms with Crippen molar-refractivity contribution in [2.75, 3.05) is 18.4 Å². The molecule has 2 aromatic heterocycles. The highest BCUT2D eigenvalue weighted by Crippen LogP contribution is 2.11. The summed E-state index contributed by atoms with van der Waals surface area (Å²) < 4.78 is 1.91. The van der Waals surface area contributed by atoms with Crippen molar-refractivity contribution in [2.45, 2.75) is 19.8 Å². The van der Waals surface area contributed by atoms with Gasteiger partial charge in [0, 0.05) is 18.9 Å². The molecule has 0 spiro atoms. The van der Waals surface area contributed by atoms with Gasteiger partial charge in [0.1, 0.15) is 5.82 Å². The molecule has 3 N–H and O–H groups in total. The second-order valence-electron chi connectivity index (χ2n) is 3.64. The summed E-state index contributed by atoms with van der Waals surface area (Å²) in [5.41, 5.74) is 6.20. The molecule has 16 heavy (non-hydrogen) atoms. The monoisotopic (exact) mass is 220 g/mol. The summed E-state index contributed by atoms with van der Waals surface area (Å²) in [4.78, 5) is 4.25. The number of anilines is 1. The van der Waals surface area contributed by atoms with Crippen LogP contribution in [0.2, 0.25) is 0 Å². The lowest BCUT2D eigenvalue weighted by molar-refractivity contribution is 0.772. The van der Waals surface area contributed by atoms with Crippen molar-refractivity contribution < 1.29 is 0 Å². The Morgan fingerprint density at radius 1 is 1.38 bits per heavy atom. The van der Waals surface area contributed by atoms with E-state index in [4.69, 9.17) is 5.73 Å². The van der Waals surface area contributed by atoms with Gasteiger partial charge in [0.25, 0.3) is 0 Å². The normalized spacial score (nSPS) is 10.9. The van der Waals surface area contributed by atoms with Gasteiger partial charge < -0.3 is 11.1 Å². The summed E-state index contributed by atoms with van der Waals surface area (Å²) in [6.07, 6.45) is 5.65. The highest BCUT2D eigenvalue weighted by molar-refractivity contribution is 5.61. The van der Waals surface area contributed by atoms with Crippen LogP contribution in [0.25, 0.3) is 5.65 Å². The lowest BCUT2D eigenvalue weighted by Gasteiger charge is -2.05. The quantitative estimate of drug-likeness (QED) is 0.720. The fourth-order valence-corrected chi connectivity index (χ4v) is 1.54. The van der Waals surface area contributed by atoms with Crippen molar-refractivity contribution in [3.8, 4) is 0 Å². The number of fused-ring (bicyclic) bond motifs is 1. The first-order valence-electron chi connectivity index (χ1n) is 5.43. The molecule has 0 aliphatic heterocycles. The topological polar surface area (TPSA) is 81.1 Å². The number of nitrogens with two attached hydrogens (primary N) is 1. The molecule has 0 aromatic carbocycles. The maximum Gasteiger partial charge on any atom is 0.203 e. The number of aryl methyl sites for hydroxylation is 1. The molecule has 0 unspecified atom stereocenters. The van der Waals surface area contributed by atoms with E-state index in [2.05, 4.69) is 20.5 Å². The average molecular weight is 220 g/mol. The summed E-state index contributed by atoms with van der Waals surface area (Å²) in [7, 11) is 0. The van der Waals surface area contributed by atoms with Gasteiger partial charge in [-0.15, -0.1) is 10.2 Å². The number of unbranched alkanes of at least 4 members (excludes halogenated alkanes) is 1. The van der Waals surface area contributed by atoms with Crippen LogP contribution in [-0.4, -0.2) is 32.7 Å². The van der Waals surface area contributed by atoms with Crippen molar-refractivity contribution >= 4 is 11.5 Å². The largest absolute Gasteiger partial charge is 0.367 e. The molecule has 0 radical (unpaired) electrons. The van der Waals surface area contributed by atoms with E-state index in [-0.39, 0.29) is 0 Å². The molecular formula is C10H16N6. The Morgan fingerprint density at radius 3 is 3.06 bits per heavy atom. The van der Waals surface area contributed by atoms with Crippen molar-refractivity contribution in [3.63, 3.8) is 0 Å². The number of hydrogen-bond acceptors (Lipinski definition) is 5. The lowest BCUT2D eigenvalue weighted by Crippen LogP contribution is -2.08. The Labute approximate surface area is 93.9 Å². The average Bonchev–Trinajstić information content (AvgIpc) is 2.68. The summed E-state index contributed by atoms with van der Waals surface area (Å²) in [6, 6.07) is 0. The van der Waals surface area contributed by atoms with Gasteiger partial charge in [-0.3, -0.25) is 4.40 Å². The van der Waals surface area contributed by atoms with Crippen LogP contribution < -0.4 is 11.1 Å². The van der Waals surface area contributed by atoms with Gasteiger partial charge in [0.15, 0.2) is 5.82 Å². The van der Waals surface area contributed by atoms with Gasteiger partial charge in [0.2, 0.25) is 5.65 Å². The van der Waals surface area contributed by atoms with Crippen molar-refractivity contribution in [1.82, 2.24) is 19.6 Å². The maximum atomic E-state index is 5.43. The van der Waals surface area contributed by atoms with Gasteiger partial charge in [-0.1, -0.05) is 0 Å². The van der Waals surface area contributed by atoms with Crippen molar-refractivity contribution in [1.29, 1.82) is 0 Å². The number of nitrogens with zero attached hydrogens (tertiary/aromatic N) is 4. The van der Waals surface area contributed by atoms with Crippen molar-refractivity contribution in [3.05, 3.63) is 18.2 Å². The van der Waals surface area contributed by atoms with Crippen molar-refractivity contribution in [2.24, 2.45) is 5.73 Å². The van der Waals surface area contributed by atoms with Gasteiger partial charge >= 0.3 is 0 Å². The Kier molecular flexibility index (Phi) is 3.31. The summed E-state index contributed by atoms with van der Waals surface area (Å²) in [5, 5.41) is 11.3. The van der Waals surface area contributed by atoms with E-state index in [9.17, 15) is 0 Å². The number of hydrogen-bond donors (Lipinski definition) is 2. The molecule has 0 bridgehead atoms. The van der Waals surface area contributed by atoms with E-state index >= 15 is 0 Å². The van der Waals surface area contributed by atoms with E-state index in [1.54, 1.807) is 6.20 Å². The zero-order valence-corrected chi connectivity index (χ0v) is 9.35. The maximum absolute atomic E-state index is 5.43. The minimum Gasteiger partial charge on any atom is -0.367 e. The Hall–Kier alpha value is -1.69. The van der Waals surface area contributed by atoms with Gasteiger partial charge in [-0.2, -0.15) is 0 Å². The minimum atomic E-state index is 0.726. The van der Waals surface area contributed by atoms with Gasteiger partial charge in [-0.05, 0) is 26.3 Å². The SMILES string of the molecule is Cc1nnc2c(NCCCCN)nccn12. The standard InChI is InChI=1S/C10H16N6/c1-8-14-15-10-9(12-5-3-2-4-11)13-6-7-16(8)10/h6-7H,2-5,11H2,1H3,(H,12,13). The Morgan fingerprint density at radius 2 is 2.25 bits per heavy atom. The van der Waals surface area contributed by atoms with E-state index in [0.29, 0.717) is 0 Å². The van der Waals surface area contributed by atoms with E-state index in [1.165, 1.54) is 0 Å². The minimum absolute atomic E-state index is 0.726. The second kappa shape index (κ2) is 4.89. The van der Waals surface area contributed by atoms with Gasteiger partial charge in [0.05, 0.1) is 0 Å². The van der Waals surface area contributed by atoms with Gasteiger partial charge in [-0.25, -0.2) is 4.98 Å². The zero-order chi connectivity index (χ0) is 11.4. The van der Waals surface area contributed by atoms with Crippen LogP contribution in [0.1, 0.15) is 18.7 Å². The molecule has 2 heterocycles. The molecule has 6 heteroatoms. The fourth-order valence-electron chi connectivity index (χ4n) is 1.54. The first-order valence-corrected chi connectivity index (χ1v) is 5.43. The van der Waals surface area contributed by atoms with Crippen LogP contribution in [0, 0.1) is 6.92 Å². The molecular weight excluding hydrogens is 204 g/mol. The summed E-state index contributed by atoms with van der Waals surface area (Å²) in [5.74, 6) is 1.64. The highest BCUT2D eigenvalue weighted by atomic mass is 15.3. The number of aromatic nitrogens is 4. The molecule has 0 atom stereocenters. The lowest BCUT2D eigenvalue weighted by atomic mass is 10.3. The third-order valence-electron chi connectivity index (χ3n) is 2.42. The third kappa shape index (κ3) is 2.11. The second-order valence-corrected chi connectivity index (χ2v) is 3.64. The molecule has 0 fully saturated rings. The molecule has 86 valence electrons. The number of rotatable bonds is 5. The third-order valence-corrected chi connectivity index (χ3v) is 2.42. The molecule has 0 saturated carbocycles. The number of nitrogens with one attached hydrogen (secondary N) is 1. The first-order chi connectivity index (χ1) is 7.83. The molecule has 0 amide bonds. The van der Waals surface area contributed by atoms with Crippen LogP contribution >= 0.6 is 0 Å². The molecule has 0 aliphatic carbocycles. The molecule has 6 nitrogen and oxygen atoms in total. The van der Waals surface area contributed by atoms with E-state index in [1.807, 2.05) is 17.5 Å². The van der Waals surface area contributed by atoms with Crippen LogP contribution in [0.5, 0.6) is 0 Å². The predicted octanol–water partition coefficient (Wildman–Crippen LogP) is 0.584. The molecule has 0 saturated heterocycles. The summed E-state index contributed by atoms with van der Waals surface area (Å²) >= 11 is 0. The molecule has 2 aromatic rings. The van der Waals surface area contributed by atoms with Crippen LogP contribution in [0.4, 0.5) is 5.82 Å². The Balaban J connectivity index is 2.11. The molecule has 2 rings (SSSR count). The first kappa shape index (κ1) is 10.8. The van der Waals surface area contributed by atoms with E-state index < -0.39 is 0 Å². The highest BCUT2D eigenvalue weighted by Gasteiger charge is 2.06.